The lowest BCUT2D eigenvalue weighted by atomic mass is 10.1. The van der Waals surface area contributed by atoms with Crippen molar-refractivity contribution in [3.63, 3.8) is 0 Å². The summed E-state index contributed by atoms with van der Waals surface area (Å²) in [5.74, 6) is 0.0145. The van der Waals surface area contributed by atoms with Gasteiger partial charge in [-0.05, 0) is 44.2 Å². The minimum atomic E-state index is -0.770. The van der Waals surface area contributed by atoms with Gasteiger partial charge < -0.3 is 9.47 Å². The van der Waals surface area contributed by atoms with Gasteiger partial charge in [0.15, 0.2) is 6.10 Å². The number of halogens is 1. The first kappa shape index (κ1) is 16.9. The zero-order chi connectivity index (χ0) is 16.8. The fourth-order valence-corrected chi connectivity index (χ4v) is 2.29. The molecule has 0 unspecified atom stereocenters. The van der Waals surface area contributed by atoms with Crippen molar-refractivity contribution in [2.45, 2.75) is 26.1 Å². The van der Waals surface area contributed by atoms with Crippen LogP contribution in [0.15, 0.2) is 48.5 Å². The van der Waals surface area contributed by atoms with Gasteiger partial charge in [-0.2, -0.15) is 5.26 Å². The first-order valence-electron chi connectivity index (χ1n) is 7.13. The Morgan fingerprint density at radius 3 is 2.39 bits per heavy atom. The Hall–Kier alpha value is -2.51. The molecule has 23 heavy (non-hydrogen) atoms. The molecule has 5 heteroatoms. The zero-order valence-corrected chi connectivity index (χ0v) is 13.6. The Morgan fingerprint density at radius 2 is 1.78 bits per heavy atom. The van der Waals surface area contributed by atoms with Gasteiger partial charge >= 0.3 is 5.97 Å². The second kappa shape index (κ2) is 7.66. The average Bonchev–Trinajstić information content (AvgIpc) is 2.55. The van der Waals surface area contributed by atoms with E-state index in [2.05, 4.69) is 0 Å². The Labute approximate surface area is 140 Å². The smallest absolute Gasteiger partial charge is 0.347 e. The van der Waals surface area contributed by atoms with Crippen LogP contribution in [0.4, 0.5) is 0 Å². The predicted octanol–water partition coefficient (Wildman–Crippen LogP) is 4.28. The molecule has 0 saturated heterocycles. The third-order valence-corrected chi connectivity index (χ3v) is 3.61. The molecular formula is C18H16ClNO3. The van der Waals surface area contributed by atoms with Gasteiger partial charge in [0.1, 0.15) is 11.9 Å². The highest BCUT2D eigenvalue weighted by Crippen LogP contribution is 2.25. The standard InChI is InChI=1S/C18H16ClNO3/c1-12(16-5-3-4-6-17(16)19)23-18(21)13(2)22-15-9-7-14(11-20)8-10-15/h3-10,12-13H,1-2H3/t12-,13-/m1/s1. The molecule has 0 aromatic heterocycles. The number of carbonyl (C=O) groups excluding carboxylic acids is 1. The summed E-state index contributed by atoms with van der Waals surface area (Å²) >= 11 is 6.09. The molecule has 0 N–H and O–H groups in total. The number of nitrogens with zero attached hydrogens (tertiary/aromatic N) is 1. The van der Waals surface area contributed by atoms with E-state index in [0.717, 1.165) is 5.56 Å². The molecule has 2 atom stereocenters. The van der Waals surface area contributed by atoms with Crippen molar-refractivity contribution in [3.05, 3.63) is 64.7 Å². The van der Waals surface area contributed by atoms with Crippen molar-refractivity contribution < 1.29 is 14.3 Å². The molecule has 0 spiro atoms. The van der Waals surface area contributed by atoms with E-state index < -0.39 is 18.2 Å². The SMILES string of the molecule is C[C@@H](Oc1ccc(C#N)cc1)C(=O)O[C@H](C)c1ccccc1Cl. The molecule has 0 fully saturated rings. The maximum Gasteiger partial charge on any atom is 0.347 e. The highest BCUT2D eigenvalue weighted by Gasteiger charge is 2.21. The molecule has 0 aliphatic rings. The number of benzene rings is 2. The lowest BCUT2D eigenvalue weighted by Crippen LogP contribution is -2.27. The van der Waals surface area contributed by atoms with Crippen LogP contribution in [0.1, 0.15) is 31.1 Å². The van der Waals surface area contributed by atoms with E-state index >= 15 is 0 Å². The molecule has 118 valence electrons. The topological polar surface area (TPSA) is 59.3 Å². The maximum atomic E-state index is 12.1. The van der Waals surface area contributed by atoms with Crippen LogP contribution in [-0.4, -0.2) is 12.1 Å². The Balaban J connectivity index is 1.97. The molecule has 0 aliphatic carbocycles. The average molecular weight is 330 g/mol. The quantitative estimate of drug-likeness (QED) is 0.768. The Morgan fingerprint density at radius 1 is 1.13 bits per heavy atom. The fraction of sp³-hybridized carbons (Fsp3) is 0.222. The molecule has 0 saturated carbocycles. The summed E-state index contributed by atoms with van der Waals surface area (Å²) < 4.78 is 10.9. The third kappa shape index (κ3) is 4.48. The van der Waals surface area contributed by atoms with Crippen LogP contribution in [0, 0.1) is 11.3 Å². The Kier molecular flexibility index (Phi) is 5.61. The predicted molar refractivity (Wildman–Crippen MR) is 87.2 cm³/mol. The van der Waals surface area contributed by atoms with Crippen LogP contribution in [0.2, 0.25) is 5.02 Å². The molecule has 0 aliphatic heterocycles. The number of hydrogen-bond acceptors (Lipinski definition) is 4. The number of carbonyl (C=O) groups is 1. The molecular weight excluding hydrogens is 314 g/mol. The van der Waals surface area contributed by atoms with Crippen molar-refractivity contribution in [2.75, 3.05) is 0 Å². The maximum absolute atomic E-state index is 12.1. The molecule has 2 rings (SSSR count). The second-order valence-corrected chi connectivity index (χ2v) is 5.40. The lowest BCUT2D eigenvalue weighted by Gasteiger charge is -2.19. The van der Waals surface area contributed by atoms with E-state index in [1.165, 1.54) is 0 Å². The van der Waals surface area contributed by atoms with Gasteiger partial charge in [-0.1, -0.05) is 29.8 Å². The minimum absolute atomic E-state index is 0.469. The first-order chi connectivity index (χ1) is 11.0. The number of nitriles is 1. The van der Waals surface area contributed by atoms with Crippen LogP contribution in [-0.2, 0) is 9.53 Å². The number of hydrogen-bond donors (Lipinski definition) is 0. The molecule has 0 heterocycles. The highest BCUT2D eigenvalue weighted by atomic mass is 35.5. The van der Waals surface area contributed by atoms with Crippen LogP contribution < -0.4 is 4.74 Å². The van der Waals surface area contributed by atoms with E-state index in [-0.39, 0.29) is 0 Å². The van der Waals surface area contributed by atoms with E-state index in [1.54, 1.807) is 44.2 Å². The monoisotopic (exact) mass is 329 g/mol. The van der Waals surface area contributed by atoms with Gasteiger partial charge in [0.2, 0.25) is 0 Å². The summed E-state index contributed by atoms with van der Waals surface area (Å²) in [5, 5.41) is 9.30. The van der Waals surface area contributed by atoms with Gasteiger partial charge in [0.05, 0.1) is 11.6 Å². The van der Waals surface area contributed by atoms with Gasteiger partial charge in [0, 0.05) is 10.6 Å². The number of esters is 1. The molecule has 2 aromatic rings. The second-order valence-electron chi connectivity index (χ2n) is 5.00. The Bertz CT molecular complexity index is 722. The summed E-state index contributed by atoms with van der Waals surface area (Å²) in [6.45, 7) is 3.37. The van der Waals surface area contributed by atoms with Crippen LogP contribution in [0.3, 0.4) is 0 Å². The van der Waals surface area contributed by atoms with Crippen molar-refractivity contribution in [1.82, 2.24) is 0 Å². The molecule has 0 amide bonds. The summed E-state index contributed by atoms with van der Waals surface area (Å²) in [4.78, 5) is 12.1. The van der Waals surface area contributed by atoms with Crippen molar-refractivity contribution in [1.29, 1.82) is 5.26 Å². The van der Waals surface area contributed by atoms with E-state index in [0.29, 0.717) is 16.3 Å². The summed E-state index contributed by atoms with van der Waals surface area (Å²) in [7, 11) is 0. The summed E-state index contributed by atoms with van der Waals surface area (Å²) in [6, 6.07) is 15.8. The van der Waals surface area contributed by atoms with E-state index in [9.17, 15) is 4.79 Å². The molecule has 0 radical (unpaired) electrons. The van der Waals surface area contributed by atoms with Gasteiger partial charge in [-0.15, -0.1) is 0 Å². The summed E-state index contributed by atoms with van der Waals surface area (Å²) in [6.07, 6.45) is -1.24. The highest BCUT2D eigenvalue weighted by molar-refractivity contribution is 6.31. The van der Waals surface area contributed by atoms with Gasteiger partial charge in [-0.3, -0.25) is 0 Å². The molecule has 2 aromatic carbocycles. The van der Waals surface area contributed by atoms with Crippen molar-refractivity contribution in [2.24, 2.45) is 0 Å². The van der Waals surface area contributed by atoms with Gasteiger partial charge in [0.25, 0.3) is 0 Å². The molecule has 4 nitrogen and oxygen atoms in total. The molecule has 0 bridgehead atoms. The lowest BCUT2D eigenvalue weighted by molar-refractivity contribution is -0.156. The fourth-order valence-electron chi connectivity index (χ4n) is 2.00. The minimum Gasteiger partial charge on any atom is -0.479 e. The van der Waals surface area contributed by atoms with Crippen LogP contribution in [0.25, 0.3) is 0 Å². The van der Waals surface area contributed by atoms with Gasteiger partial charge in [-0.25, -0.2) is 4.79 Å². The van der Waals surface area contributed by atoms with Crippen LogP contribution in [0.5, 0.6) is 5.75 Å². The first-order valence-corrected chi connectivity index (χ1v) is 7.51. The van der Waals surface area contributed by atoms with E-state index in [4.69, 9.17) is 26.3 Å². The number of rotatable bonds is 5. The largest absolute Gasteiger partial charge is 0.479 e. The van der Waals surface area contributed by atoms with E-state index in [1.807, 2.05) is 24.3 Å². The normalized spacial score (nSPS) is 12.8. The third-order valence-electron chi connectivity index (χ3n) is 3.26. The van der Waals surface area contributed by atoms with Crippen molar-refractivity contribution >= 4 is 17.6 Å². The van der Waals surface area contributed by atoms with Crippen LogP contribution >= 0.6 is 11.6 Å². The van der Waals surface area contributed by atoms with Crippen molar-refractivity contribution in [3.8, 4) is 11.8 Å². The zero-order valence-electron chi connectivity index (χ0n) is 12.8. The number of ether oxygens (including phenoxy) is 2. The summed E-state index contributed by atoms with van der Waals surface area (Å²) in [5.41, 5.74) is 1.27.